The number of hydrogen-bond donors (Lipinski definition) is 2. The van der Waals surface area contributed by atoms with Crippen LogP contribution in [0.4, 0.5) is 5.69 Å². The van der Waals surface area contributed by atoms with E-state index in [1.54, 1.807) is 31.3 Å². The summed E-state index contributed by atoms with van der Waals surface area (Å²) < 4.78 is 27.0. The van der Waals surface area contributed by atoms with Gasteiger partial charge in [0, 0.05) is 24.8 Å². The first-order chi connectivity index (χ1) is 15.7. The van der Waals surface area contributed by atoms with Gasteiger partial charge in [0.05, 0.1) is 4.90 Å². The molecular formula is C25H27N3O3S2. The number of sulfonamides is 1. The number of carbonyl (C=O) groups is 1. The molecular weight excluding hydrogens is 454 g/mol. The quantitative estimate of drug-likeness (QED) is 0.476. The average Bonchev–Trinajstić information content (AvgIpc) is 2.80. The molecule has 1 amide bonds. The van der Waals surface area contributed by atoms with E-state index in [0.717, 1.165) is 11.1 Å². The zero-order valence-corrected chi connectivity index (χ0v) is 20.4. The summed E-state index contributed by atoms with van der Waals surface area (Å²) in [7, 11) is -2.10. The number of thiocarbonyl (C=S) groups is 1. The van der Waals surface area contributed by atoms with Crippen molar-refractivity contribution >= 4 is 38.9 Å². The lowest BCUT2D eigenvalue weighted by Gasteiger charge is -2.18. The van der Waals surface area contributed by atoms with Crippen molar-refractivity contribution in [3.63, 3.8) is 0 Å². The molecule has 8 heteroatoms. The van der Waals surface area contributed by atoms with Crippen molar-refractivity contribution in [1.29, 1.82) is 0 Å². The molecule has 33 heavy (non-hydrogen) atoms. The molecule has 0 saturated carbocycles. The molecule has 0 saturated heterocycles. The molecule has 0 fully saturated rings. The lowest BCUT2D eigenvalue weighted by atomic mass is 10.0. The van der Waals surface area contributed by atoms with E-state index in [1.807, 2.05) is 42.5 Å². The first-order valence-electron chi connectivity index (χ1n) is 10.5. The Balaban J connectivity index is 1.60. The number of anilines is 1. The molecule has 2 N–H and O–H groups in total. The second kappa shape index (κ2) is 10.7. The number of benzene rings is 3. The Morgan fingerprint density at radius 3 is 2.12 bits per heavy atom. The Labute approximate surface area is 200 Å². The van der Waals surface area contributed by atoms with Gasteiger partial charge >= 0.3 is 0 Å². The molecule has 3 rings (SSSR count). The number of hydrogen-bond acceptors (Lipinski definition) is 4. The molecule has 0 unspecified atom stereocenters. The standard InChI is InChI=1S/C25H27N3O3S2/c1-18(2)20-9-11-21(12-10-20)24(29)27-25(32)26-22-13-15-23(16-14-22)33(30,31)28(3)17-19-7-5-4-6-8-19/h4-16,18H,17H2,1-3H3,(H2,26,27,29,32). The fourth-order valence-electron chi connectivity index (χ4n) is 3.17. The number of rotatable bonds is 7. The highest BCUT2D eigenvalue weighted by Crippen LogP contribution is 2.19. The maximum absolute atomic E-state index is 12.9. The lowest BCUT2D eigenvalue weighted by Crippen LogP contribution is -2.34. The van der Waals surface area contributed by atoms with E-state index in [2.05, 4.69) is 24.5 Å². The van der Waals surface area contributed by atoms with Crippen LogP contribution in [0, 0.1) is 0 Å². The Bertz CT molecular complexity index is 1210. The maximum atomic E-state index is 12.9. The summed E-state index contributed by atoms with van der Waals surface area (Å²) in [6, 6.07) is 23.0. The minimum absolute atomic E-state index is 0.129. The Kier molecular flexibility index (Phi) is 7.97. The average molecular weight is 482 g/mol. The monoisotopic (exact) mass is 481 g/mol. The predicted molar refractivity (Wildman–Crippen MR) is 136 cm³/mol. The molecule has 0 spiro atoms. The third-order valence-electron chi connectivity index (χ3n) is 5.14. The number of amides is 1. The summed E-state index contributed by atoms with van der Waals surface area (Å²) in [5.74, 6) is 0.0688. The van der Waals surface area contributed by atoms with Crippen molar-refractivity contribution in [2.75, 3.05) is 12.4 Å². The van der Waals surface area contributed by atoms with Gasteiger partial charge in [0.1, 0.15) is 0 Å². The van der Waals surface area contributed by atoms with Crippen LogP contribution in [-0.4, -0.2) is 30.8 Å². The van der Waals surface area contributed by atoms with Crippen LogP contribution < -0.4 is 10.6 Å². The van der Waals surface area contributed by atoms with E-state index in [9.17, 15) is 13.2 Å². The van der Waals surface area contributed by atoms with Crippen LogP contribution in [0.5, 0.6) is 0 Å². The number of nitrogens with zero attached hydrogens (tertiary/aromatic N) is 1. The van der Waals surface area contributed by atoms with E-state index in [0.29, 0.717) is 17.2 Å². The summed E-state index contributed by atoms with van der Waals surface area (Å²) in [6.07, 6.45) is 0. The Morgan fingerprint density at radius 1 is 0.939 bits per heavy atom. The predicted octanol–water partition coefficient (Wildman–Crippen LogP) is 4.76. The van der Waals surface area contributed by atoms with Crippen LogP contribution in [0.1, 0.15) is 41.3 Å². The van der Waals surface area contributed by atoms with E-state index in [-0.39, 0.29) is 22.5 Å². The van der Waals surface area contributed by atoms with E-state index < -0.39 is 10.0 Å². The highest BCUT2D eigenvalue weighted by atomic mass is 32.2. The van der Waals surface area contributed by atoms with Crippen molar-refractivity contribution in [2.45, 2.75) is 31.2 Å². The van der Waals surface area contributed by atoms with Gasteiger partial charge in [0.15, 0.2) is 5.11 Å². The fraction of sp³-hybridized carbons (Fsp3) is 0.200. The third-order valence-corrected chi connectivity index (χ3v) is 7.16. The van der Waals surface area contributed by atoms with Crippen LogP contribution in [0.2, 0.25) is 0 Å². The van der Waals surface area contributed by atoms with Gasteiger partial charge in [-0.15, -0.1) is 0 Å². The summed E-state index contributed by atoms with van der Waals surface area (Å²) >= 11 is 5.23. The second-order valence-electron chi connectivity index (χ2n) is 7.96. The third kappa shape index (κ3) is 6.47. The molecule has 0 heterocycles. The van der Waals surface area contributed by atoms with Gasteiger partial charge in [0.2, 0.25) is 10.0 Å². The molecule has 0 aliphatic carbocycles. The van der Waals surface area contributed by atoms with Crippen molar-refractivity contribution in [3.8, 4) is 0 Å². The van der Waals surface area contributed by atoms with Gasteiger partial charge in [-0.2, -0.15) is 4.31 Å². The zero-order chi connectivity index (χ0) is 24.0. The largest absolute Gasteiger partial charge is 0.332 e. The van der Waals surface area contributed by atoms with Crippen LogP contribution >= 0.6 is 12.2 Å². The van der Waals surface area contributed by atoms with Crippen molar-refractivity contribution in [1.82, 2.24) is 9.62 Å². The van der Waals surface area contributed by atoms with Crippen LogP contribution in [-0.2, 0) is 16.6 Å². The Hall–Kier alpha value is -3.07. The highest BCUT2D eigenvalue weighted by Gasteiger charge is 2.21. The van der Waals surface area contributed by atoms with Gasteiger partial charge in [-0.3, -0.25) is 10.1 Å². The fourth-order valence-corrected chi connectivity index (χ4v) is 4.54. The molecule has 172 valence electrons. The molecule has 0 bridgehead atoms. The van der Waals surface area contributed by atoms with Crippen LogP contribution in [0.3, 0.4) is 0 Å². The summed E-state index contributed by atoms with van der Waals surface area (Å²) in [4.78, 5) is 12.6. The van der Waals surface area contributed by atoms with Crippen LogP contribution in [0.25, 0.3) is 0 Å². The normalized spacial score (nSPS) is 11.4. The van der Waals surface area contributed by atoms with Crippen molar-refractivity contribution in [2.24, 2.45) is 0 Å². The molecule has 0 radical (unpaired) electrons. The van der Waals surface area contributed by atoms with E-state index in [4.69, 9.17) is 12.2 Å². The molecule has 0 aliphatic heterocycles. The minimum atomic E-state index is -3.64. The van der Waals surface area contributed by atoms with Gasteiger partial charge in [-0.1, -0.05) is 56.3 Å². The van der Waals surface area contributed by atoms with Gasteiger partial charge in [0.25, 0.3) is 5.91 Å². The van der Waals surface area contributed by atoms with Gasteiger partial charge in [-0.05, 0) is 65.7 Å². The number of nitrogens with one attached hydrogen (secondary N) is 2. The van der Waals surface area contributed by atoms with Crippen molar-refractivity contribution in [3.05, 3.63) is 95.6 Å². The summed E-state index contributed by atoms with van der Waals surface area (Å²) in [5.41, 5.74) is 3.13. The van der Waals surface area contributed by atoms with Crippen LogP contribution in [0.15, 0.2) is 83.8 Å². The topological polar surface area (TPSA) is 78.5 Å². The first-order valence-corrected chi connectivity index (χ1v) is 12.3. The SMILES string of the molecule is CC(C)c1ccc(C(=O)NC(=S)Nc2ccc(S(=O)(=O)N(C)Cc3ccccc3)cc2)cc1. The highest BCUT2D eigenvalue weighted by molar-refractivity contribution is 7.89. The molecule has 0 aromatic heterocycles. The Morgan fingerprint density at radius 2 is 1.55 bits per heavy atom. The number of carbonyl (C=O) groups excluding carboxylic acids is 1. The minimum Gasteiger partial charge on any atom is -0.332 e. The molecule has 6 nitrogen and oxygen atoms in total. The molecule has 0 atom stereocenters. The molecule has 0 aliphatic rings. The second-order valence-corrected chi connectivity index (χ2v) is 10.4. The molecule has 3 aromatic carbocycles. The van der Waals surface area contributed by atoms with Crippen molar-refractivity contribution < 1.29 is 13.2 Å². The lowest BCUT2D eigenvalue weighted by molar-refractivity contribution is 0.0977. The van der Waals surface area contributed by atoms with Gasteiger partial charge in [-0.25, -0.2) is 8.42 Å². The zero-order valence-electron chi connectivity index (χ0n) is 18.8. The van der Waals surface area contributed by atoms with Gasteiger partial charge < -0.3 is 5.32 Å². The summed E-state index contributed by atoms with van der Waals surface area (Å²) in [5, 5.41) is 5.68. The van der Waals surface area contributed by atoms with E-state index >= 15 is 0 Å². The summed E-state index contributed by atoms with van der Waals surface area (Å²) in [6.45, 7) is 4.45. The first kappa shape index (κ1) is 24.6. The maximum Gasteiger partial charge on any atom is 0.257 e. The van der Waals surface area contributed by atoms with E-state index in [1.165, 1.54) is 16.4 Å². The molecule has 3 aromatic rings. The smallest absolute Gasteiger partial charge is 0.257 e.